The lowest BCUT2D eigenvalue weighted by Crippen LogP contribution is -3.06. The summed E-state index contributed by atoms with van der Waals surface area (Å²) in [5, 5.41) is 5.69. The molecule has 116 valence electrons. The molecular weight excluding hydrogens is 260 g/mol. The highest BCUT2D eigenvalue weighted by molar-refractivity contribution is 5.96. The van der Waals surface area contributed by atoms with Gasteiger partial charge in [0.05, 0.1) is 11.1 Å². The molecule has 0 unspecified atom stereocenters. The quantitative estimate of drug-likeness (QED) is 0.862. The van der Waals surface area contributed by atoms with E-state index in [1.165, 1.54) is 0 Å². The maximum absolute atomic E-state index is 12.6. The number of amides is 1. The Morgan fingerprint density at radius 2 is 1.71 bits per heavy atom. The van der Waals surface area contributed by atoms with Gasteiger partial charge < -0.3 is 10.6 Å². The van der Waals surface area contributed by atoms with E-state index in [2.05, 4.69) is 38.3 Å². The molecule has 1 aliphatic rings. The fourth-order valence-corrected chi connectivity index (χ4v) is 3.86. The van der Waals surface area contributed by atoms with Crippen molar-refractivity contribution in [1.82, 2.24) is 5.32 Å². The lowest BCUT2D eigenvalue weighted by molar-refractivity contribution is -0.787. The first-order valence-corrected chi connectivity index (χ1v) is 7.83. The number of hydrogen-bond donors (Lipinski definition) is 2. The molecular formula is C18H29N2O+. The van der Waals surface area contributed by atoms with Gasteiger partial charge in [0.2, 0.25) is 0 Å². The number of carbonyl (C=O) groups excluding carboxylic acids is 1. The normalized spacial score (nSPS) is 21.0. The summed E-state index contributed by atoms with van der Waals surface area (Å²) in [5.41, 5.74) is 3.31. The maximum atomic E-state index is 12.6. The van der Waals surface area contributed by atoms with Crippen molar-refractivity contribution in [3.8, 4) is 0 Å². The van der Waals surface area contributed by atoms with Gasteiger partial charge in [0.15, 0.2) is 0 Å². The fraction of sp³-hybridized carbons (Fsp3) is 0.611. The number of carbonyl (C=O) groups is 1. The van der Waals surface area contributed by atoms with Crippen LogP contribution in [0.3, 0.4) is 0 Å². The molecule has 0 spiro atoms. The van der Waals surface area contributed by atoms with E-state index in [9.17, 15) is 4.79 Å². The van der Waals surface area contributed by atoms with E-state index in [4.69, 9.17) is 0 Å². The van der Waals surface area contributed by atoms with Crippen molar-refractivity contribution in [3.63, 3.8) is 0 Å². The Labute approximate surface area is 128 Å². The first-order valence-electron chi connectivity index (χ1n) is 7.83. The molecule has 21 heavy (non-hydrogen) atoms. The van der Waals surface area contributed by atoms with Crippen LogP contribution < -0.4 is 10.6 Å². The molecule has 3 heteroatoms. The third-order valence-corrected chi connectivity index (χ3v) is 4.30. The second-order valence-electron chi connectivity index (χ2n) is 8.02. The molecule has 1 heterocycles. The Bertz CT molecular complexity index is 530. The van der Waals surface area contributed by atoms with Crippen LogP contribution in [-0.2, 0) is 0 Å². The molecule has 0 aromatic heterocycles. The first kappa shape index (κ1) is 16.0. The van der Waals surface area contributed by atoms with Crippen LogP contribution in [0.5, 0.6) is 0 Å². The summed E-state index contributed by atoms with van der Waals surface area (Å²) < 4.78 is 0. The minimum Gasteiger partial charge on any atom is -0.349 e. The van der Waals surface area contributed by atoms with E-state index in [1.807, 2.05) is 32.0 Å². The Morgan fingerprint density at radius 3 is 2.29 bits per heavy atom. The van der Waals surface area contributed by atoms with Crippen LogP contribution in [0.25, 0.3) is 0 Å². The molecule has 1 amide bonds. The van der Waals surface area contributed by atoms with Crippen LogP contribution in [0.15, 0.2) is 18.2 Å². The lowest BCUT2D eigenvalue weighted by atomic mass is 9.79. The molecule has 3 N–H and O–H groups in total. The summed E-state index contributed by atoms with van der Waals surface area (Å²) in [7, 11) is 0. The Morgan fingerprint density at radius 1 is 1.14 bits per heavy atom. The van der Waals surface area contributed by atoms with Gasteiger partial charge in [-0.05, 0) is 53.2 Å². The van der Waals surface area contributed by atoms with Crippen LogP contribution in [0.1, 0.15) is 62.0 Å². The number of hydrogen-bond acceptors (Lipinski definition) is 1. The van der Waals surface area contributed by atoms with Crippen LogP contribution in [0.4, 0.5) is 0 Å². The zero-order chi connectivity index (χ0) is 15.8. The van der Waals surface area contributed by atoms with Crippen LogP contribution in [0.2, 0.25) is 0 Å². The number of nitrogens with one attached hydrogen (secondary N) is 1. The zero-order valence-corrected chi connectivity index (χ0v) is 14.2. The van der Waals surface area contributed by atoms with Gasteiger partial charge in [-0.25, -0.2) is 0 Å². The topological polar surface area (TPSA) is 45.7 Å². The molecule has 1 aromatic carbocycles. The van der Waals surface area contributed by atoms with Crippen LogP contribution in [0, 0.1) is 13.8 Å². The van der Waals surface area contributed by atoms with Gasteiger partial charge in [-0.3, -0.25) is 4.79 Å². The lowest BCUT2D eigenvalue weighted by Gasteiger charge is -2.43. The highest BCUT2D eigenvalue weighted by atomic mass is 16.1. The number of aryl methyl sites for hydroxylation is 2. The highest BCUT2D eigenvalue weighted by Crippen LogP contribution is 2.22. The minimum absolute atomic E-state index is 0.0645. The Hall–Kier alpha value is -1.35. The summed E-state index contributed by atoms with van der Waals surface area (Å²) >= 11 is 0. The predicted octanol–water partition coefficient (Wildman–Crippen LogP) is 2.32. The molecule has 0 radical (unpaired) electrons. The molecule has 1 aliphatic heterocycles. The fourth-order valence-electron chi connectivity index (χ4n) is 3.86. The van der Waals surface area contributed by atoms with Crippen molar-refractivity contribution in [2.75, 3.05) is 0 Å². The molecule has 0 atom stereocenters. The number of benzene rings is 1. The van der Waals surface area contributed by atoms with Crippen molar-refractivity contribution >= 4 is 5.91 Å². The smallest absolute Gasteiger partial charge is 0.251 e. The van der Waals surface area contributed by atoms with Crippen LogP contribution in [-0.4, -0.2) is 23.0 Å². The maximum Gasteiger partial charge on any atom is 0.251 e. The molecule has 1 aromatic rings. The van der Waals surface area contributed by atoms with Gasteiger partial charge in [-0.2, -0.15) is 0 Å². The standard InChI is InChI=1S/C18H28N2O/c1-12-7-8-13(2)15(9-12)16(21)19-14-10-17(3,4)20-18(5,6)11-14/h7-9,14,20H,10-11H2,1-6H3,(H,19,21)/p+1. The van der Waals surface area contributed by atoms with Gasteiger partial charge in [0.1, 0.15) is 0 Å². The number of nitrogens with two attached hydrogens (primary N) is 1. The Kier molecular flexibility index (Phi) is 4.16. The van der Waals surface area contributed by atoms with Gasteiger partial charge in [-0.1, -0.05) is 17.7 Å². The van der Waals surface area contributed by atoms with Crippen molar-refractivity contribution in [1.29, 1.82) is 0 Å². The SMILES string of the molecule is Cc1ccc(C)c(C(=O)NC2CC(C)(C)[NH2+]C(C)(C)C2)c1. The average molecular weight is 289 g/mol. The van der Waals surface area contributed by atoms with Crippen LogP contribution >= 0.6 is 0 Å². The average Bonchev–Trinajstić information content (AvgIpc) is 2.27. The van der Waals surface area contributed by atoms with Gasteiger partial charge in [0.25, 0.3) is 5.91 Å². The van der Waals surface area contributed by atoms with E-state index in [-0.39, 0.29) is 23.0 Å². The second kappa shape index (κ2) is 5.45. The van der Waals surface area contributed by atoms with E-state index < -0.39 is 0 Å². The largest absolute Gasteiger partial charge is 0.349 e. The second-order valence-corrected chi connectivity index (χ2v) is 8.02. The summed E-state index contributed by atoms with van der Waals surface area (Å²) in [4.78, 5) is 12.6. The molecule has 3 nitrogen and oxygen atoms in total. The summed E-state index contributed by atoms with van der Waals surface area (Å²) in [5.74, 6) is 0.0645. The number of piperidine rings is 1. The molecule has 0 saturated carbocycles. The van der Waals surface area contributed by atoms with Crippen molar-refractivity contribution in [3.05, 3.63) is 34.9 Å². The molecule has 1 saturated heterocycles. The number of quaternary nitrogens is 1. The predicted molar refractivity (Wildman–Crippen MR) is 86.5 cm³/mol. The summed E-state index contributed by atoms with van der Waals surface area (Å²) in [6.07, 6.45) is 2.01. The minimum atomic E-state index is 0.0645. The molecule has 2 rings (SSSR count). The van der Waals surface area contributed by atoms with E-state index in [0.717, 1.165) is 29.5 Å². The van der Waals surface area contributed by atoms with Gasteiger partial charge in [-0.15, -0.1) is 0 Å². The van der Waals surface area contributed by atoms with Crippen molar-refractivity contribution < 1.29 is 10.1 Å². The van der Waals surface area contributed by atoms with E-state index in [0.29, 0.717) is 0 Å². The molecule has 0 aliphatic carbocycles. The molecule has 0 bridgehead atoms. The Balaban J connectivity index is 2.14. The van der Waals surface area contributed by atoms with Crippen molar-refractivity contribution in [2.24, 2.45) is 0 Å². The summed E-state index contributed by atoms with van der Waals surface area (Å²) in [6.45, 7) is 13.0. The van der Waals surface area contributed by atoms with E-state index >= 15 is 0 Å². The van der Waals surface area contributed by atoms with Gasteiger partial charge in [0, 0.05) is 24.4 Å². The van der Waals surface area contributed by atoms with Gasteiger partial charge >= 0.3 is 0 Å². The summed E-state index contributed by atoms with van der Waals surface area (Å²) in [6, 6.07) is 6.30. The molecule has 1 fully saturated rings. The first-order chi connectivity index (χ1) is 9.58. The monoisotopic (exact) mass is 289 g/mol. The third-order valence-electron chi connectivity index (χ3n) is 4.30. The number of rotatable bonds is 2. The third kappa shape index (κ3) is 4.07. The zero-order valence-electron chi connectivity index (χ0n) is 14.2. The highest BCUT2D eigenvalue weighted by Gasteiger charge is 2.42. The van der Waals surface area contributed by atoms with Crippen molar-refractivity contribution in [2.45, 2.75) is 71.5 Å². The van der Waals surface area contributed by atoms with E-state index in [1.54, 1.807) is 0 Å².